The third-order valence-corrected chi connectivity index (χ3v) is 4.23. The van der Waals surface area contributed by atoms with Crippen molar-refractivity contribution in [3.63, 3.8) is 0 Å². The molecular weight excluding hydrogens is 312 g/mol. The van der Waals surface area contributed by atoms with Crippen LogP contribution in [0, 0.1) is 13.8 Å². The quantitative estimate of drug-likeness (QED) is 0.623. The summed E-state index contributed by atoms with van der Waals surface area (Å²) in [6.07, 6.45) is 0. The van der Waals surface area contributed by atoms with E-state index in [9.17, 15) is 4.79 Å². The molecule has 0 unspecified atom stereocenters. The Kier molecular flexibility index (Phi) is 3.61. The van der Waals surface area contributed by atoms with Gasteiger partial charge in [-0.25, -0.2) is 9.36 Å². The van der Waals surface area contributed by atoms with Gasteiger partial charge in [0.1, 0.15) is 0 Å². The predicted molar refractivity (Wildman–Crippen MR) is 100 cm³/mol. The van der Waals surface area contributed by atoms with Gasteiger partial charge in [-0.15, -0.1) is 0 Å². The maximum absolute atomic E-state index is 13.1. The molecule has 0 saturated carbocycles. The Hall–Kier alpha value is -3.34. The lowest BCUT2D eigenvalue weighted by molar-refractivity contribution is 0.862. The number of hydrogen-bond donors (Lipinski definition) is 1. The van der Waals surface area contributed by atoms with Crippen LogP contribution in [0.5, 0.6) is 0 Å². The van der Waals surface area contributed by atoms with E-state index in [-0.39, 0.29) is 5.56 Å². The maximum atomic E-state index is 13.1. The molecule has 0 amide bonds. The highest BCUT2D eigenvalue weighted by atomic mass is 16.1. The van der Waals surface area contributed by atoms with Gasteiger partial charge in [-0.1, -0.05) is 36.4 Å². The maximum Gasteiger partial charge on any atom is 0.280 e. The van der Waals surface area contributed by atoms with Crippen LogP contribution in [0.15, 0.2) is 71.5 Å². The molecule has 2 aromatic carbocycles. The molecule has 0 radical (unpaired) electrons. The van der Waals surface area contributed by atoms with Gasteiger partial charge in [0, 0.05) is 5.69 Å². The molecule has 5 nitrogen and oxygen atoms in total. The zero-order valence-corrected chi connectivity index (χ0v) is 14.1. The van der Waals surface area contributed by atoms with Gasteiger partial charge >= 0.3 is 0 Å². The first-order valence-corrected chi connectivity index (χ1v) is 8.14. The second-order valence-corrected chi connectivity index (χ2v) is 6.00. The number of nitrogens with zero attached hydrogens (tertiary/aromatic N) is 3. The number of pyridine rings is 1. The number of fused-ring (bicyclic) bond motifs is 1. The van der Waals surface area contributed by atoms with Crippen molar-refractivity contribution in [3.8, 4) is 5.69 Å². The molecule has 0 fully saturated rings. The molecular formula is C20H18N4O. The highest BCUT2D eigenvalue weighted by Gasteiger charge is 2.16. The number of anilines is 1. The van der Waals surface area contributed by atoms with Crippen molar-refractivity contribution in [2.24, 2.45) is 0 Å². The first kappa shape index (κ1) is 15.2. The Labute approximate surface area is 145 Å². The van der Waals surface area contributed by atoms with E-state index >= 15 is 0 Å². The fraction of sp³-hybridized carbons (Fsp3) is 0.100. The van der Waals surface area contributed by atoms with Gasteiger partial charge in [0.05, 0.1) is 28.0 Å². The Morgan fingerprint density at radius 1 is 0.920 bits per heavy atom. The standard InChI is InChI=1S/C20H18N4O/c1-14-13-18-19(15(2)21-24(18)17-11-7-4-8-12-17)20(25)23(14)22-16-9-5-3-6-10-16/h3-13,22H,1-2H3. The molecule has 4 rings (SSSR count). The average Bonchev–Trinajstić information content (AvgIpc) is 2.96. The van der Waals surface area contributed by atoms with Gasteiger partial charge in [0.25, 0.3) is 5.56 Å². The molecule has 0 aliphatic rings. The van der Waals surface area contributed by atoms with Crippen molar-refractivity contribution < 1.29 is 0 Å². The minimum Gasteiger partial charge on any atom is -0.291 e. The summed E-state index contributed by atoms with van der Waals surface area (Å²) in [6.45, 7) is 3.78. The van der Waals surface area contributed by atoms with Crippen LogP contribution in [0.4, 0.5) is 5.69 Å². The van der Waals surface area contributed by atoms with Crippen LogP contribution in [-0.2, 0) is 0 Å². The third kappa shape index (κ3) is 2.59. The fourth-order valence-electron chi connectivity index (χ4n) is 3.02. The number of nitrogens with one attached hydrogen (secondary N) is 1. The second-order valence-electron chi connectivity index (χ2n) is 6.00. The van der Waals surface area contributed by atoms with E-state index in [4.69, 9.17) is 0 Å². The van der Waals surface area contributed by atoms with Gasteiger partial charge in [-0.3, -0.25) is 10.2 Å². The van der Waals surface area contributed by atoms with Crippen LogP contribution in [0.1, 0.15) is 11.4 Å². The first-order valence-electron chi connectivity index (χ1n) is 8.14. The molecule has 0 aliphatic carbocycles. The molecule has 25 heavy (non-hydrogen) atoms. The van der Waals surface area contributed by atoms with Gasteiger partial charge in [0.2, 0.25) is 0 Å². The Morgan fingerprint density at radius 3 is 2.24 bits per heavy atom. The first-order chi connectivity index (χ1) is 12.1. The summed E-state index contributed by atoms with van der Waals surface area (Å²) in [4.78, 5) is 13.1. The van der Waals surface area contributed by atoms with E-state index in [1.807, 2.05) is 85.3 Å². The number of para-hydroxylation sites is 2. The van der Waals surface area contributed by atoms with E-state index in [0.717, 1.165) is 22.6 Å². The van der Waals surface area contributed by atoms with E-state index in [0.29, 0.717) is 11.1 Å². The molecule has 2 heterocycles. The van der Waals surface area contributed by atoms with Crippen LogP contribution < -0.4 is 11.0 Å². The SMILES string of the molecule is Cc1nn(-c2ccccc2)c2cc(C)n(Nc3ccccc3)c(=O)c12. The summed E-state index contributed by atoms with van der Waals surface area (Å²) in [5, 5.41) is 5.21. The molecule has 0 bridgehead atoms. The van der Waals surface area contributed by atoms with E-state index in [2.05, 4.69) is 10.5 Å². The normalized spacial score (nSPS) is 11.0. The van der Waals surface area contributed by atoms with Crippen LogP contribution in [0.25, 0.3) is 16.6 Å². The molecule has 0 saturated heterocycles. The summed E-state index contributed by atoms with van der Waals surface area (Å²) in [7, 11) is 0. The predicted octanol–water partition coefficient (Wildman–Crippen LogP) is 3.68. The molecule has 1 N–H and O–H groups in total. The summed E-state index contributed by atoms with van der Waals surface area (Å²) in [6, 6.07) is 21.5. The number of aromatic nitrogens is 3. The van der Waals surface area contributed by atoms with Gasteiger partial charge in [0.15, 0.2) is 0 Å². The van der Waals surface area contributed by atoms with E-state index in [1.165, 1.54) is 0 Å². The molecule has 0 atom stereocenters. The zero-order valence-electron chi connectivity index (χ0n) is 14.1. The lowest BCUT2D eigenvalue weighted by atomic mass is 10.2. The summed E-state index contributed by atoms with van der Waals surface area (Å²) < 4.78 is 3.40. The van der Waals surface area contributed by atoms with Crippen molar-refractivity contribution in [1.82, 2.24) is 14.5 Å². The molecule has 5 heteroatoms. The number of hydrogen-bond acceptors (Lipinski definition) is 3. The van der Waals surface area contributed by atoms with Crippen molar-refractivity contribution in [3.05, 3.63) is 88.5 Å². The number of aryl methyl sites for hydroxylation is 2. The summed E-state index contributed by atoms with van der Waals surface area (Å²) in [5.41, 5.74) is 7.23. The topological polar surface area (TPSA) is 51.9 Å². The van der Waals surface area contributed by atoms with Crippen molar-refractivity contribution in [1.29, 1.82) is 0 Å². The molecule has 0 aliphatic heterocycles. The minimum absolute atomic E-state index is 0.0986. The number of rotatable bonds is 3. The van der Waals surface area contributed by atoms with Gasteiger partial charge in [-0.2, -0.15) is 5.10 Å². The monoisotopic (exact) mass is 330 g/mol. The lowest BCUT2D eigenvalue weighted by Gasteiger charge is -2.13. The van der Waals surface area contributed by atoms with E-state index < -0.39 is 0 Å². The highest BCUT2D eigenvalue weighted by molar-refractivity contribution is 5.83. The van der Waals surface area contributed by atoms with Crippen LogP contribution >= 0.6 is 0 Å². The largest absolute Gasteiger partial charge is 0.291 e. The van der Waals surface area contributed by atoms with Crippen LogP contribution in [0.2, 0.25) is 0 Å². The second kappa shape index (κ2) is 5.94. The highest BCUT2D eigenvalue weighted by Crippen LogP contribution is 2.20. The molecule has 2 aromatic heterocycles. The Morgan fingerprint density at radius 2 is 1.56 bits per heavy atom. The van der Waals surface area contributed by atoms with Crippen molar-refractivity contribution >= 4 is 16.6 Å². The summed E-state index contributed by atoms with van der Waals surface area (Å²) in [5.74, 6) is 0. The van der Waals surface area contributed by atoms with Gasteiger partial charge in [-0.05, 0) is 44.2 Å². The fourth-order valence-corrected chi connectivity index (χ4v) is 3.02. The third-order valence-electron chi connectivity index (χ3n) is 4.23. The van der Waals surface area contributed by atoms with Gasteiger partial charge < -0.3 is 0 Å². The van der Waals surface area contributed by atoms with Crippen molar-refractivity contribution in [2.45, 2.75) is 13.8 Å². The molecule has 4 aromatic rings. The average molecular weight is 330 g/mol. The molecule has 124 valence electrons. The Balaban J connectivity index is 1.92. The van der Waals surface area contributed by atoms with E-state index in [1.54, 1.807) is 4.68 Å². The summed E-state index contributed by atoms with van der Waals surface area (Å²) >= 11 is 0. The zero-order chi connectivity index (χ0) is 17.4. The van der Waals surface area contributed by atoms with Crippen LogP contribution in [0.3, 0.4) is 0 Å². The van der Waals surface area contributed by atoms with Crippen LogP contribution in [-0.4, -0.2) is 14.5 Å². The van der Waals surface area contributed by atoms with Crippen molar-refractivity contribution in [2.75, 3.05) is 5.43 Å². The number of benzene rings is 2. The Bertz CT molecular complexity index is 1100. The lowest BCUT2D eigenvalue weighted by Crippen LogP contribution is -2.28. The molecule has 0 spiro atoms. The minimum atomic E-state index is -0.0986. The smallest absolute Gasteiger partial charge is 0.280 e.